The summed E-state index contributed by atoms with van der Waals surface area (Å²) in [5, 5.41) is 3.34. The van der Waals surface area contributed by atoms with E-state index in [9.17, 15) is 0 Å². The summed E-state index contributed by atoms with van der Waals surface area (Å²) in [7, 11) is 0. The molecular formula is C13H16N2O. The molecule has 2 aromatic rings. The van der Waals surface area contributed by atoms with Gasteiger partial charge in [-0.05, 0) is 12.5 Å². The number of aryl methyl sites for hydroxylation is 2. The fourth-order valence-corrected chi connectivity index (χ4v) is 1.65. The maximum Gasteiger partial charge on any atom is 0.191 e. The number of rotatable bonds is 4. The Kier molecular flexibility index (Phi) is 3.37. The molecule has 84 valence electrons. The van der Waals surface area contributed by atoms with Crippen LogP contribution in [0.3, 0.4) is 0 Å². The monoisotopic (exact) mass is 216 g/mol. The summed E-state index contributed by atoms with van der Waals surface area (Å²) < 4.78 is 5.48. The normalized spacial score (nSPS) is 10.6. The lowest BCUT2D eigenvalue weighted by Crippen LogP contribution is -2.12. The Bertz CT molecular complexity index is 448. The first-order valence-electron chi connectivity index (χ1n) is 5.43. The number of aromatic nitrogens is 1. The number of hydrogen-bond donors (Lipinski definition) is 1. The first-order valence-corrected chi connectivity index (χ1v) is 5.43. The molecule has 0 aliphatic carbocycles. The topological polar surface area (TPSA) is 38.1 Å². The highest BCUT2D eigenvalue weighted by molar-refractivity contribution is 5.14. The Morgan fingerprint density at radius 3 is 2.50 bits per heavy atom. The Labute approximate surface area is 95.5 Å². The zero-order chi connectivity index (χ0) is 11.4. The van der Waals surface area contributed by atoms with Gasteiger partial charge in [0.15, 0.2) is 5.89 Å². The van der Waals surface area contributed by atoms with Gasteiger partial charge in [-0.1, -0.05) is 30.3 Å². The van der Waals surface area contributed by atoms with E-state index in [1.807, 2.05) is 32.0 Å². The van der Waals surface area contributed by atoms with E-state index in [0.717, 1.165) is 30.4 Å². The van der Waals surface area contributed by atoms with Gasteiger partial charge in [-0.3, -0.25) is 0 Å². The van der Waals surface area contributed by atoms with Crippen LogP contribution in [-0.2, 0) is 13.1 Å². The highest BCUT2D eigenvalue weighted by Gasteiger charge is 2.05. The molecule has 2 rings (SSSR count). The summed E-state index contributed by atoms with van der Waals surface area (Å²) >= 11 is 0. The molecule has 0 aliphatic heterocycles. The maximum atomic E-state index is 5.48. The third-order valence-electron chi connectivity index (χ3n) is 2.46. The number of benzene rings is 1. The second kappa shape index (κ2) is 4.94. The van der Waals surface area contributed by atoms with Gasteiger partial charge in [0, 0.05) is 13.5 Å². The smallest absolute Gasteiger partial charge is 0.191 e. The average Bonchev–Trinajstić information content (AvgIpc) is 2.59. The molecule has 0 saturated carbocycles. The van der Waals surface area contributed by atoms with Crippen LogP contribution in [-0.4, -0.2) is 4.98 Å². The summed E-state index contributed by atoms with van der Waals surface area (Å²) in [6.07, 6.45) is 0. The van der Waals surface area contributed by atoms with Gasteiger partial charge in [0.05, 0.1) is 12.2 Å². The molecule has 3 nitrogen and oxygen atoms in total. The first-order chi connectivity index (χ1) is 7.75. The third-order valence-corrected chi connectivity index (χ3v) is 2.46. The molecule has 1 aromatic heterocycles. The lowest BCUT2D eigenvalue weighted by molar-refractivity contribution is 0.454. The van der Waals surface area contributed by atoms with Crippen molar-refractivity contribution in [2.24, 2.45) is 0 Å². The Morgan fingerprint density at radius 1 is 1.12 bits per heavy atom. The van der Waals surface area contributed by atoms with Gasteiger partial charge in [0.1, 0.15) is 5.76 Å². The van der Waals surface area contributed by atoms with Crippen molar-refractivity contribution in [2.75, 3.05) is 0 Å². The molecule has 0 fully saturated rings. The predicted octanol–water partition coefficient (Wildman–Crippen LogP) is 2.58. The molecule has 0 bridgehead atoms. The fourth-order valence-electron chi connectivity index (χ4n) is 1.65. The van der Waals surface area contributed by atoms with E-state index >= 15 is 0 Å². The van der Waals surface area contributed by atoms with Crippen LogP contribution in [0.25, 0.3) is 0 Å². The summed E-state index contributed by atoms with van der Waals surface area (Å²) in [5.74, 6) is 1.66. The van der Waals surface area contributed by atoms with Crippen LogP contribution in [0, 0.1) is 13.8 Å². The number of hydrogen-bond acceptors (Lipinski definition) is 3. The summed E-state index contributed by atoms with van der Waals surface area (Å²) in [5.41, 5.74) is 2.24. The summed E-state index contributed by atoms with van der Waals surface area (Å²) in [4.78, 5) is 4.23. The number of nitrogens with zero attached hydrogens (tertiary/aromatic N) is 1. The molecule has 0 amide bonds. The standard InChI is InChI=1S/C13H16N2O/c1-10-13(16-11(2)15-10)9-14-8-12-6-4-3-5-7-12/h3-7,14H,8-9H2,1-2H3. The van der Waals surface area contributed by atoms with Crippen molar-refractivity contribution < 1.29 is 4.42 Å². The van der Waals surface area contributed by atoms with E-state index < -0.39 is 0 Å². The van der Waals surface area contributed by atoms with Gasteiger partial charge in [0.2, 0.25) is 0 Å². The fraction of sp³-hybridized carbons (Fsp3) is 0.308. The minimum atomic E-state index is 0.724. The SMILES string of the molecule is Cc1nc(C)c(CNCc2ccccc2)o1. The quantitative estimate of drug-likeness (QED) is 0.853. The molecule has 0 aliphatic rings. The van der Waals surface area contributed by atoms with Crippen LogP contribution in [0.1, 0.15) is 22.9 Å². The van der Waals surface area contributed by atoms with Crippen molar-refractivity contribution in [3.05, 3.63) is 53.2 Å². The second-order valence-corrected chi connectivity index (χ2v) is 3.83. The van der Waals surface area contributed by atoms with Crippen molar-refractivity contribution in [1.82, 2.24) is 10.3 Å². The van der Waals surface area contributed by atoms with Crippen molar-refractivity contribution in [2.45, 2.75) is 26.9 Å². The van der Waals surface area contributed by atoms with Crippen LogP contribution in [0.2, 0.25) is 0 Å². The number of oxazole rings is 1. The Balaban J connectivity index is 1.87. The molecule has 0 spiro atoms. The van der Waals surface area contributed by atoms with Crippen molar-refractivity contribution in [3.63, 3.8) is 0 Å². The van der Waals surface area contributed by atoms with Crippen molar-refractivity contribution in [1.29, 1.82) is 0 Å². The minimum absolute atomic E-state index is 0.724. The van der Waals surface area contributed by atoms with Crippen LogP contribution < -0.4 is 5.32 Å². The van der Waals surface area contributed by atoms with Gasteiger partial charge in [0.25, 0.3) is 0 Å². The van der Waals surface area contributed by atoms with E-state index in [1.54, 1.807) is 0 Å². The van der Waals surface area contributed by atoms with E-state index in [0.29, 0.717) is 0 Å². The van der Waals surface area contributed by atoms with Crippen LogP contribution >= 0.6 is 0 Å². The first kappa shape index (κ1) is 10.9. The Morgan fingerprint density at radius 2 is 1.88 bits per heavy atom. The van der Waals surface area contributed by atoms with E-state index in [4.69, 9.17) is 4.42 Å². The highest BCUT2D eigenvalue weighted by Crippen LogP contribution is 2.09. The lowest BCUT2D eigenvalue weighted by Gasteiger charge is -2.02. The third kappa shape index (κ3) is 2.70. The molecular weight excluding hydrogens is 200 g/mol. The average molecular weight is 216 g/mol. The van der Waals surface area contributed by atoms with E-state index in [2.05, 4.69) is 22.4 Å². The van der Waals surface area contributed by atoms with Gasteiger partial charge in [-0.25, -0.2) is 4.98 Å². The van der Waals surface area contributed by atoms with Crippen LogP contribution in [0.5, 0.6) is 0 Å². The minimum Gasteiger partial charge on any atom is -0.444 e. The zero-order valence-electron chi connectivity index (χ0n) is 9.66. The molecule has 3 heteroatoms. The predicted molar refractivity (Wildman–Crippen MR) is 63.0 cm³/mol. The second-order valence-electron chi connectivity index (χ2n) is 3.83. The summed E-state index contributed by atoms with van der Waals surface area (Å²) in [6, 6.07) is 10.3. The van der Waals surface area contributed by atoms with E-state index in [-0.39, 0.29) is 0 Å². The summed E-state index contributed by atoms with van der Waals surface area (Å²) in [6.45, 7) is 5.41. The molecule has 1 heterocycles. The largest absolute Gasteiger partial charge is 0.444 e. The molecule has 0 saturated heterocycles. The molecule has 0 atom stereocenters. The van der Waals surface area contributed by atoms with Crippen molar-refractivity contribution >= 4 is 0 Å². The van der Waals surface area contributed by atoms with Crippen LogP contribution in [0.15, 0.2) is 34.7 Å². The van der Waals surface area contributed by atoms with Gasteiger partial charge >= 0.3 is 0 Å². The van der Waals surface area contributed by atoms with Gasteiger partial charge in [-0.15, -0.1) is 0 Å². The molecule has 0 unspecified atom stereocenters. The van der Waals surface area contributed by atoms with Gasteiger partial charge in [-0.2, -0.15) is 0 Å². The van der Waals surface area contributed by atoms with Gasteiger partial charge < -0.3 is 9.73 Å². The van der Waals surface area contributed by atoms with Crippen LogP contribution in [0.4, 0.5) is 0 Å². The lowest BCUT2D eigenvalue weighted by atomic mass is 10.2. The highest BCUT2D eigenvalue weighted by atomic mass is 16.4. The maximum absolute atomic E-state index is 5.48. The molecule has 0 radical (unpaired) electrons. The van der Waals surface area contributed by atoms with E-state index in [1.165, 1.54) is 5.56 Å². The molecule has 1 N–H and O–H groups in total. The zero-order valence-corrected chi connectivity index (χ0v) is 9.66. The molecule has 1 aromatic carbocycles. The number of nitrogens with one attached hydrogen (secondary N) is 1. The van der Waals surface area contributed by atoms with Crippen molar-refractivity contribution in [3.8, 4) is 0 Å². The Hall–Kier alpha value is -1.61. The molecule has 16 heavy (non-hydrogen) atoms.